The van der Waals surface area contributed by atoms with Crippen LogP contribution in [0.25, 0.3) is 0 Å². The van der Waals surface area contributed by atoms with Crippen molar-refractivity contribution in [3.05, 3.63) is 33.7 Å². The van der Waals surface area contributed by atoms with Gasteiger partial charge in [0.1, 0.15) is 11.3 Å². The second kappa shape index (κ2) is 5.00. The average Bonchev–Trinajstić information content (AvgIpc) is 2.24. The van der Waals surface area contributed by atoms with Crippen molar-refractivity contribution in [1.82, 2.24) is 10.5 Å². The fourth-order valence-electron chi connectivity index (χ4n) is 1.01. The minimum Gasteiger partial charge on any atom is -0.318 e. The van der Waals surface area contributed by atoms with Crippen LogP contribution in [0.5, 0.6) is 0 Å². The molecule has 17 heavy (non-hydrogen) atoms. The molecular formula is C9H9F3N2O3. The number of hydrogen-bond donors (Lipinski definition) is 2. The van der Waals surface area contributed by atoms with Crippen LogP contribution in [-0.2, 0) is 11.0 Å². The maximum atomic E-state index is 12.2. The molecule has 0 fully saturated rings. The summed E-state index contributed by atoms with van der Waals surface area (Å²) in [6.07, 6.45) is -4.66. The van der Waals surface area contributed by atoms with Gasteiger partial charge in [0.15, 0.2) is 0 Å². The first kappa shape index (κ1) is 13.2. The topological polar surface area (TPSA) is 71.2 Å². The number of aromatic nitrogens is 1. The number of pyridine rings is 1. The van der Waals surface area contributed by atoms with Gasteiger partial charge < -0.3 is 4.98 Å². The zero-order valence-corrected chi connectivity index (χ0v) is 8.72. The lowest BCUT2D eigenvalue weighted by Gasteiger charge is -2.07. The molecule has 8 heteroatoms. The summed E-state index contributed by atoms with van der Waals surface area (Å²) in [6.45, 7) is 1.77. The molecular weight excluding hydrogens is 241 g/mol. The molecule has 0 saturated heterocycles. The monoisotopic (exact) mass is 250 g/mol. The molecule has 94 valence electrons. The van der Waals surface area contributed by atoms with Crippen LogP contribution < -0.4 is 11.0 Å². The molecule has 0 bridgehead atoms. The lowest BCUT2D eigenvalue weighted by atomic mass is 10.2. The number of hydroxylamine groups is 1. The third kappa shape index (κ3) is 3.31. The Morgan fingerprint density at radius 3 is 2.59 bits per heavy atom. The Labute approximate surface area is 93.5 Å². The predicted octanol–water partition coefficient (Wildman–Crippen LogP) is 1.08. The van der Waals surface area contributed by atoms with E-state index in [-0.39, 0.29) is 6.61 Å². The number of aromatic amines is 1. The fraction of sp³-hybridized carbons (Fsp3) is 0.333. The highest BCUT2D eigenvalue weighted by Crippen LogP contribution is 2.26. The van der Waals surface area contributed by atoms with Crippen molar-refractivity contribution in [2.75, 3.05) is 6.61 Å². The summed E-state index contributed by atoms with van der Waals surface area (Å²) in [5.74, 6) is -0.901. The maximum Gasteiger partial charge on any atom is 0.431 e. The van der Waals surface area contributed by atoms with E-state index in [2.05, 4.69) is 4.84 Å². The number of rotatable bonds is 3. The molecule has 0 atom stereocenters. The number of nitrogens with one attached hydrogen (secondary N) is 2. The van der Waals surface area contributed by atoms with E-state index in [0.717, 1.165) is 6.07 Å². The van der Waals surface area contributed by atoms with Crippen LogP contribution in [0.3, 0.4) is 0 Å². The van der Waals surface area contributed by atoms with Gasteiger partial charge in [0.2, 0.25) is 0 Å². The lowest BCUT2D eigenvalue weighted by Crippen LogP contribution is -2.30. The molecule has 0 aliphatic rings. The number of alkyl halides is 3. The van der Waals surface area contributed by atoms with Crippen molar-refractivity contribution < 1.29 is 22.8 Å². The fourth-order valence-corrected chi connectivity index (χ4v) is 1.01. The van der Waals surface area contributed by atoms with Gasteiger partial charge in [-0.05, 0) is 19.1 Å². The largest absolute Gasteiger partial charge is 0.431 e. The van der Waals surface area contributed by atoms with E-state index in [1.54, 1.807) is 11.9 Å². The molecule has 1 amide bonds. The zero-order chi connectivity index (χ0) is 13.1. The van der Waals surface area contributed by atoms with Crippen LogP contribution in [0.1, 0.15) is 23.0 Å². The number of H-pyrrole nitrogens is 1. The molecule has 0 aliphatic carbocycles. The highest BCUT2D eigenvalue weighted by molar-refractivity contribution is 5.93. The predicted molar refractivity (Wildman–Crippen MR) is 51.2 cm³/mol. The van der Waals surface area contributed by atoms with E-state index in [1.807, 2.05) is 5.48 Å². The normalized spacial score (nSPS) is 11.3. The molecule has 5 nitrogen and oxygen atoms in total. The van der Waals surface area contributed by atoms with Crippen LogP contribution in [0.2, 0.25) is 0 Å². The number of halogens is 3. The summed E-state index contributed by atoms with van der Waals surface area (Å²) in [4.78, 5) is 28.6. The van der Waals surface area contributed by atoms with E-state index >= 15 is 0 Å². The summed E-state index contributed by atoms with van der Waals surface area (Å²) in [6, 6.07) is 1.40. The molecule has 2 N–H and O–H groups in total. The van der Waals surface area contributed by atoms with Crippen LogP contribution in [0, 0.1) is 0 Å². The molecule has 1 aromatic rings. The highest BCUT2D eigenvalue weighted by Gasteiger charge is 2.32. The van der Waals surface area contributed by atoms with E-state index in [4.69, 9.17) is 0 Å². The molecule has 1 heterocycles. The smallest absolute Gasteiger partial charge is 0.318 e. The van der Waals surface area contributed by atoms with Crippen molar-refractivity contribution in [3.8, 4) is 0 Å². The summed E-state index contributed by atoms with van der Waals surface area (Å²) in [5, 5.41) is 0. The average molecular weight is 250 g/mol. The molecule has 0 aliphatic heterocycles. The first-order chi connectivity index (χ1) is 7.86. The Bertz CT molecular complexity index is 467. The van der Waals surface area contributed by atoms with Gasteiger partial charge in [0.25, 0.3) is 11.5 Å². The quantitative estimate of drug-likeness (QED) is 0.788. The third-order valence-corrected chi connectivity index (χ3v) is 1.77. The van der Waals surface area contributed by atoms with Gasteiger partial charge >= 0.3 is 6.18 Å². The van der Waals surface area contributed by atoms with Crippen molar-refractivity contribution >= 4 is 5.91 Å². The molecule has 1 rings (SSSR count). The number of amides is 1. The van der Waals surface area contributed by atoms with E-state index in [0.29, 0.717) is 6.07 Å². The Morgan fingerprint density at radius 2 is 2.12 bits per heavy atom. The van der Waals surface area contributed by atoms with Crippen LogP contribution in [-0.4, -0.2) is 17.5 Å². The number of hydrogen-bond acceptors (Lipinski definition) is 3. The molecule has 1 aromatic heterocycles. The SMILES string of the molecule is CCONC(=O)c1ccc(C(F)(F)F)[nH]c1=O. The second-order valence-electron chi connectivity index (χ2n) is 2.98. The van der Waals surface area contributed by atoms with Crippen LogP contribution in [0.4, 0.5) is 13.2 Å². The standard InChI is InChI=1S/C9H9F3N2O3/c1-2-17-14-8(16)5-3-4-6(9(10,11)12)13-7(5)15/h3-4H,2H2,1H3,(H,13,15)(H,14,16). The minimum absolute atomic E-state index is 0.171. The van der Waals surface area contributed by atoms with Crippen molar-refractivity contribution in [2.24, 2.45) is 0 Å². The van der Waals surface area contributed by atoms with Crippen LogP contribution in [0.15, 0.2) is 16.9 Å². The Balaban J connectivity index is 2.99. The van der Waals surface area contributed by atoms with Gasteiger partial charge in [-0.15, -0.1) is 0 Å². The Hall–Kier alpha value is -1.83. The van der Waals surface area contributed by atoms with E-state index < -0.39 is 28.9 Å². The minimum atomic E-state index is -4.66. The van der Waals surface area contributed by atoms with Gasteiger partial charge in [-0.1, -0.05) is 0 Å². The van der Waals surface area contributed by atoms with Crippen molar-refractivity contribution in [2.45, 2.75) is 13.1 Å². The summed E-state index contributed by atoms with van der Waals surface area (Å²) in [7, 11) is 0. The van der Waals surface area contributed by atoms with Crippen molar-refractivity contribution in [3.63, 3.8) is 0 Å². The Morgan fingerprint density at radius 1 is 1.47 bits per heavy atom. The van der Waals surface area contributed by atoms with Gasteiger partial charge in [-0.2, -0.15) is 13.2 Å². The summed E-state index contributed by atoms with van der Waals surface area (Å²) in [5.41, 5.74) is -0.885. The second-order valence-corrected chi connectivity index (χ2v) is 2.98. The maximum absolute atomic E-state index is 12.2. The van der Waals surface area contributed by atoms with Crippen LogP contribution >= 0.6 is 0 Å². The summed E-state index contributed by atoms with van der Waals surface area (Å²) >= 11 is 0. The molecule has 0 unspecified atom stereocenters. The summed E-state index contributed by atoms with van der Waals surface area (Å²) < 4.78 is 36.6. The first-order valence-corrected chi connectivity index (χ1v) is 4.59. The molecule has 0 radical (unpaired) electrons. The Kier molecular flexibility index (Phi) is 3.89. The van der Waals surface area contributed by atoms with Crippen molar-refractivity contribution in [1.29, 1.82) is 0 Å². The van der Waals surface area contributed by atoms with E-state index in [9.17, 15) is 22.8 Å². The van der Waals surface area contributed by atoms with Gasteiger partial charge in [-0.25, -0.2) is 5.48 Å². The highest BCUT2D eigenvalue weighted by atomic mass is 19.4. The molecule has 0 saturated carbocycles. The molecule has 0 spiro atoms. The third-order valence-electron chi connectivity index (χ3n) is 1.77. The lowest BCUT2D eigenvalue weighted by molar-refractivity contribution is -0.141. The van der Waals surface area contributed by atoms with Gasteiger partial charge in [0.05, 0.1) is 6.61 Å². The molecule has 0 aromatic carbocycles. The first-order valence-electron chi connectivity index (χ1n) is 4.59. The van der Waals surface area contributed by atoms with E-state index in [1.165, 1.54) is 0 Å². The number of carbonyl (C=O) groups is 1. The number of carbonyl (C=O) groups excluding carboxylic acids is 1. The zero-order valence-electron chi connectivity index (χ0n) is 8.72. The van der Waals surface area contributed by atoms with Gasteiger partial charge in [0, 0.05) is 0 Å². The van der Waals surface area contributed by atoms with Gasteiger partial charge in [-0.3, -0.25) is 14.4 Å².